The molecule has 1 atom stereocenters. The van der Waals surface area contributed by atoms with Crippen molar-refractivity contribution in [1.29, 1.82) is 0 Å². The summed E-state index contributed by atoms with van der Waals surface area (Å²) in [6, 6.07) is 8.25. The molecule has 0 saturated heterocycles. The Kier molecular flexibility index (Phi) is 4.40. The normalized spacial score (nSPS) is 13.1. The molecule has 0 radical (unpaired) electrons. The van der Waals surface area contributed by atoms with E-state index in [0.717, 1.165) is 5.56 Å². The van der Waals surface area contributed by atoms with E-state index in [9.17, 15) is 15.0 Å². The summed E-state index contributed by atoms with van der Waals surface area (Å²) in [5.74, 6) is -1.72. The quantitative estimate of drug-likeness (QED) is 0.715. The van der Waals surface area contributed by atoms with Crippen molar-refractivity contribution in [3.8, 4) is 11.4 Å². The van der Waals surface area contributed by atoms with Gasteiger partial charge in [0.15, 0.2) is 0 Å². The molecule has 7 heteroatoms. The zero-order valence-electron chi connectivity index (χ0n) is 15.0. The maximum Gasteiger partial charge on any atom is 0.310 e. The van der Waals surface area contributed by atoms with Gasteiger partial charge in [0, 0.05) is 11.1 Å². The van der Waals surface area contributed by atoms with E-state index >= 15 is 0 Å². The Balaban J connectivity index is 2.34. The van der Waals surface area contributed by atoms with E-state index in [-0.39, 0.29) is 11.2 Å². The van der Waals surface area contributed by atoms with Crippen LogP contribution in [0.25, 0.3) is 16.7 Å². The molecule has 2 N–H and O–H groups in total. The second-order valence-corrected chi connectivity index (χ2v) is 7.79. The maximum atomic E-state index is 11.7. The van der Waals surface area contributed by atoms with E-state index in [2.05, 4.69) is 10.2 Å². The first kappa shape index (κ1) is 18.2. The second kappa shape index (κ2) is 6.29. The van der Waals surface area contributed by atoms with E-state index in [0.29, 0.717) is 27.3 Å². The number of phenolic OH excluding ortho intramolecular Hbond substituents is 1. The first-order chi connectivity index (χ1) is 12.1. The first-order valence-electron chi connectivity index (χ1n) is 8.21. The number of phenols is 1. The lowest BCUT2D eigenvalue weighted by Gasteiger charge is -2.26. The standard InChI is InChI=1S/C19H20ClN3O3/c1-10(18(25)26)17-13(19(2,3)4)8-12(24)9-16(17)23-21-14-6-5-11(20)7-15(14)22-23/h5-10,24H,1-4H3,(H,25,26). The number of carbonyl (C=O) groups is 1. The molecule has 0 aliphatic carbocycles. The Morgan fingerprint density at radius 2 is 1.81 bits per heavy atom. The summed E-state index contributed by atoms with van der Waals surface area (Å²) in [7, 11) is 0. The fourth-order valence-corrected chi connectivity index (χ4v) is 3.15. The van der Waals surface area contributed by atoms with Gasteiger partial charge in [0.2, 0.25) is 0 Å². The van der Waals surface area contributed by atoms with Gasteiger partial charge in [-0.1, -0.05) is 32.4 Å². The molecule has 136 valence electrons. The summed E-state index contributed by atoms with van der Waals surface area (Å²) in [6.45, 7) is 7.52. The fourth-order valence-electron chi connectivity index (χ4n) is 2.98. The van der Waals surface area contributed by atoms with Crippen LogP contribution in [0.1, 0.15) is 44.7 Å². The van der Waals surface area contributed by atoms with Gasteiger partial charge in [0.1, 0.15) is 16.8 Å². The average Bonchev–Trinajstić information content (AvgIpc) is 2.95. The van der Waals surface area contributed by atoms with Gasteiger partial charge in [-0.15, -0.1) is 15.0 Å². The Labute approximate surface area is 156 Å². The minimum Gasteiger partial charge on any atom is -0.508 e. The predicted octanol–water partition coefficient (Wildman–Crippen LogP) is 4.27. The number of benzene rings is 2. The van der Waals surface area contributed by atoms with Gasteiger partial charge in [-0.05, 0) is 47.7 Å². The number of hydrogen-bond acceptors (Lipinski definition) is 4. The Bertz CT molecular complexity index is 1010. The summed E-state index contributed by atoms with van der Waals surface area (Å²) in [5.41, 5.74) is 2.60. The number of halogens is 1. The van der Waals surface area contributed by atoms with Crippen molar-refractivity contribution in [2.45, 2.75) is 39.0 Å². The molecule has 0 fully saturated rings. The molecule has 1 aromatic heterocycles. The fraction of sp³-hybridized carbons (Fsp3) is 0.316. The predicted molar refractivity (Wildman–Crippen MR) is 100 cm³/mol. The third kappa shape index (κ3) is 3.24. The van der Waals surface area contributed by atoms with Crippen molar-refractivity contribution in [2.75, 3.05) is 0 Å². The highest BCUT2D eigenvalue weighted by Gasteiger charge is 2.29. The highest BCUT2D eigenvalue weighted by Crippen LogP contribution is 2.37. The van der Waals surface area contributed by atoms with Crippen LogP contribution in [0.4, 0.5) is 0 Å². The van der Waals surface area contributed by atoms with Gasteiger partial charge < -0.3 is 10.2 Å². The molecule has 0 aliphatic heterocycles. The van der Waals surface area contributed by atoms with Crippen LogP contribution >= 0.6 is 11.6 Å². The largest absolute Gasteiger partial charge is 0.508 e. The molecule has 1 heterocycles. The summed E-state index contributed by atoms with van der Waals surface area (Å²) < 4.78 is 0. The molecule has 0 bridgehead atoms. The van der Waals surface area contributed by atoms with E-state index in [4.69, 9.17) is 11.6 Å². The molecule has 2 aromatic carbocycles. The summed E-state index contributed by atoms with van der Waals surface area (Å²) >= 11 is 6.01. The topological polar surface area (TPSA) is 88.2 Å². The number of aromatic nitrogens is 3. The second-order valence-electron chi connectivity index (χ2n) is 7.36. The lowest BCUT2D eigenvalue weighted by atomic mass is 9.79. The summed E-state index contributed by atoms with van der Waals surface area (Å²) in [6.07, 6.45) is 0. The van der Waals surface area contributed by atoms with Crippen LogP contribution < -0.4 is 0 Å². The van der Waals surface area contributed by atoms with E-state index in [1.165, 1.54) is 10.9 Å². The number of hydrogen-bond donors (Lipinski definition) is 2. The third-order valence-electron chi connectivity index (χ3n) is 4.31. The number of aromatic hydroxyl groups is 1. The zero-order valence-corrected chi connectivity index (χ0v) is 15.7. The van der Waals surface area contributed by atoms with Crippen LogP contribution in [0.5, 0.6) is 5.75 Å². The maximum absolute atomic E-state index is 11.7. The number of aliphatic carboxylic acids is 1. The van der Waals surface area contributed by atoms with E-state index < -0.39 is 11.9 Å². The van der Waals surface area contributed by atoms with Crippen LogP contribution in [0, 0.1) is 0 Å². The molecule has 0 spiro atoms. The van der Waals surface area contributed by atoms with Gasteiger partial charge in [-0.2, -0.15) is 0 Å². The number of fused-ring (bicyclic) bond motifs is 1. The van der Waals surface area contributed by atoms with Gasteiger partial charge in [-0.3, -0.25) is 4.79 Å². The van der Waals surface area contributed by atoms with Gasteiger partial charge in [0.25, 0.3) is 0 Å². The molecular weight excluding hydrogens is 354 g/mol. The van der Waals surface area contributed by atoms with Crippen molar-refractivity contribution >= 4 is 28.6 Å². The van der Waals surface area contributed by atoms with Crippen LogP contribution in [0.15, 0.2) is 30.3 Å². The van der Waals surface area contributed by atoms with Crippen LogP contribution in [-0.2, 0) is 10.2 Å². The number of carboxylic acid groups (broad SMARTS) is 1. The van der Waals surface area contributed by atoms with E-state index in [1.54, 1.807) is 31.2 Å². The summed E-state index contributed by atoms with van der Waals surface area (Å²) in [5, 5.41) is 29.3. The molecular formula is C19H20ClN3O3. The Morgan fingerprint density at radius 3 is 2.42 bits per heavy atom. The van der Waals surface area contributed by atoms with Gasteiger partial charge in [-0.25, -0.2) is 0 Å². The van der Waals surface area contributed by atoms with Gasteiger partial charge in [0.05, 0.1) is 11.6 Å². The first-order valence-corrected chi connectivity index (χ1v) is 8.59. The average molecular weight is 374 g/mol. The lowest BCUT2D eigenvalue weighted by molar-refractivity contribution is -0.138. The van der Waals surface area contributed by atoms with Crippen LogP contribution in [0.3, 0.4) is 0 Å². The number of carboxylic acids is 1. The highest BCUT2D eigenvalue weighted by molar-refractivity contribution is 6.31. The molecule has 3 aromatic rings. The van der Waals surface area contributed by atoms with Crippen LogP contribution in [0.2, 0.25) is 5.02 Å². The highest BCUT2D eigenvalue weighted by atomic mass is 35.5. The minimum absolute atomic E-state index is 0.0330. The smallest absolute Gasteiger partial charge is 0.310 e. The molecule has 0 saturated carbocycles. The van der Waals surface area contributed by atoms with Crippen molar-refractivity contribution < 1.29 is 15.0 Å². The third-order valence-corrected chi connectivity index (χ3v) is 4.55. The monoisotopic (exact) mass is 373 g/mol. The molecule has 1 unspecified atom stereocenters. The van der Waals surface area contributed by atoms with E-state index in [1.807, 2.05) is 20.8 Å². The summed E-state index contributed by atoms with van der Waals surface area (Å²) in [4.78, 5) is 13.1. The Hall–Kier alpha value is -2.60. The number of nitrogens with zero attached hydrogens (tertiary/aromatic N) is 3. The Morgan fingerprint density at radius 1 is 1.15 bits per heavy atom. The molecule has 6 nitrogen and oxygen atoms in total. The van der Waals surface area contributed by atoms with Crippen molar-refractivity contribution in [2.24, 2.45) is 0 Å². The molecule has 26 heavy (non-hydrogen) atoms. The van der Waals surface area contributed by atoms with Crippen molar-refractivity contribution in [3.05, 3.63) is 46.5 Å². The lowest BCUT2D eigenvalue weighted by Crippen LogP contribution is -2.21. The molecule has 3 rings (SSSR count). The van der Waals surface area contributed by atoms with Gasteiger partial charge >= 0.3 is 5.97 Å². The van der Waals surface area contributed by atoms with Crippen LogP contribution in [-0.4, -0.2) is 31.2 Å². The number of rotatable bonds is 3. The van der Waals surface area contributed by atoms with Crippen molar-refractivity contribution in [3.63, 3.8) is 0 Å². The molecule has 0 aliphatic rings. The van der Waals surface area contributed by atoms with Crippen molar-refractivity contribution in [1.82, 2.24) is 15.0 Å². The minimum atomic E-state index is -0.956. The SMILES string of the molecule is CC(C(=O)O)c1c(-n2nc3ccc(Cl)cc3n2)cc(O)cc1C(C)(C)C. The zero-order chi connectivity index (χ0) is 19.2. The molecule has 0 amide bonds.